The minimum Gasteiger partial charge on any atom is -0.458 e. The molecule has 1 aliphatic heterocycles. The predicted molar refractivity (Wildman–Crippen MR) is 101 cm³/mol. The van der Waals surface area contributed by atoms with Crippen LogP contribution in [-0.2, 0) is 22.4 Å². The second kappa shape index (κ2) is 7.57. The van der Waals surface area contributed by atoms with E-state index in [2.05, 4.69) is 15.3 Å². The van der Waals surface area contributed by atoms with E-state index in [-0.39, 0.29) is 11.5 Å². The van der Waals surface area contributed by atoms with Crippen LogP contribution in [0.15, 0.2) is 22.6 Å². The van der Waals surface area contributed by atoms with Crippen LogP contribution in [0.25, 0.3) is 0 Å². The maximum Gasteiger partial charge on any atom is 0.329 e. The molecule has 0 bridgehead atoms. The van der Waals surface area contributed by atoms with Crippen molar-refractivity contribution in [3.05, 3.63) is 39.0 Å². The molecule has 0 saturated heterocycles. The maximum absolute atomic E-state index is 12.8. The SMILES string of the molecule is CC(C)(C)OC(=O)[C@@H]1CCc2ncc(NCCCc3nccs3)c(=O)n21. The molecule has 0 unspecified atom stereocenters. The number of rotatable bonds is 6. The largest absolute Gasteiger partial charge is 0.458 e. The second-order valence-electron chi connectivity index (χ2n) is 7.31. The van der Waals surface area contributed by atoms with Crippen molar-refractivity contribution < 1.29 is 9.53 Å². The fourth-order valence-corrected chi connectivity index (χ4v) is 3.62. The van der Waals surface area contributed by atoms with Gasteiger partial charge in [0.05, 0.1) is 11.2 Å². The van der Waals surface area contributed by atoms with E-state index in [9.17, 15) is 9.59 Å². The first-order valence-electron chi connectivity index (χ1n) is 8.80. The zero-order valence-corrected chi connectivity index (χ0v) is 16.1. The Hall–Kier alpha value is -2.22. The summed E-state index contributed by atoms with van der Waals surface area (Å²) >= 11 is 1.63. The Bertz CT molecular complexity index is 824. The lowest BCUT2D eigenvalue weighted by molar-refractivity contribution is -0.158. The third-order valence-electron chi connectivity index (χ3n) is 4.07. The number of aryl methyl sites for hydroxylation is 2. The Labute approximate surface area is 156 Å². The molecule has 0 radical (unpaired) electrons. The van der Waals surface area contributed by atoms with Crippen LogP contribution in [0.1, 0.15) is 50.5 Å². The fraction of sp³-hybridized carbons (Fsp3) is 0.556. The normalized spacial score (nSPS) is 16.3. The highest BCUT2D eigenvalue weighted by Crippen LogP contribution is 2.26. The number of carbonyl (C=O) groups excluding carboxylic acids is 1. The van der Waals surface area contributed by atoms with Gasteiger partial charge in [0.15, 0.2) is 0 Å². The standard InChI is InChI=1S/C18H24N4O3S/c1-18(2,3)25-17(24)13-6-7-14-21-11-12(16(23)22(13)14)19-8-4-5-15-20-9-10-26-15/h9-11,13,19H,4-8H2,1-3H3/t13-/m0/s1. The van der Waals surface area contributed by atoms with Crippen LogP contribution in [0.3, 0.4) is 0 Å². The van der Waals surface area contributed by atoms with Crippen molar-refractivity contribution in [2.75, 3.05) is 11.9 Å². The molecule has 0 spiro atoms. The number of ether oxygens (including phenoxy) is 1. The molecule has 8 heteroatoms. The van der Waals surface area contributed by atoms with Gasteiger partial charge in [0, 0.05) is 31.0 Å². The van der Waals surface area contributed by atoms with Gasteiger partial charge in [-0.25, -0.2) is 14.8 Å². The molecule has 0 aliphatic carbocycles. The number of hydrogen-bond acceptors (Lipinski definition) is 7. The number of thiazole rings is 1. The second-order valence-corrected chi connectivity index (χ2v) is 8.29. The van der Waals surface area contributed by atoms with Gasteiger partial charge < -0.3 is 10.1 Å². The van der Waals surface area contributed by atoms with Crippen molar-refractivity contribution in [3.63, 3.8) is 0 Å². The summed E-state index contributed by atoms with van der Waals surface area (Å²) in [5.74, 6) is 0.264. The average molecular weight is 376 g/mol. The third kappa shape index (κ3) is 4.30. The van der Waals surface area contributed by atoms with E-state index in [1.807, 2.05) is 26.2 Å². The lowest BCUT2D eigenvalue weighted by Crippen LogP contribution is -2.34. The molecule has 0 fully saturated rings. The van der Waals surface area contributed by atoms with Crippen molar-refractivity contribution in [3.8, 4) is 0 Å². The van der Waals surface area contributed by atoms with E-state index < -0.39 is 11.6 Å². The molecule has 7 nitrogen and oxygen atoms in total. The van der Waals surface area contributed by atoms with Crippen LogP contribution in [0.4, 0.5) is 5.69 Å². The highest BCUT2D eigenvalue weighted by molar-refractivity contribution is 7.09. The number of nitrogens with zero attached hydrogens (tertiary/aromatic N) is 3. The topological polar surface area (TPSA) is 86.1 Å². The smallest absolute Gasteiger partial charge is 0.329 e. The van der Waals surface area contributed by atoms with E-state index >= 15 is 0 Å². The van der Waals surface area contributed by atoms with Gasteiger partial charge in [-0.1, -0.05) is 0 Å². The molecule has 0 saturated carbocycles. The zero-order chi connectivity index (χ0) is 18.7. The number of nitrogens with one attached hydrogen (secondary N) is 1. The summed E-state index contributed by atoms with van der Waals surface area (Å²) < 4.78 is 6.94. The van der Waals surface area contributed by atoms with Crippen LogP contribution < -0.4 is 10.9 Å². The van der Waals surface area contributed by atoms with Gasteiger partial charge in [-0.2, -0.15) is 0 Å². The van der Waals surface area contributed by atoms with Gasteiger partial charge in [0.1, 0.15) is 23.2 Å². The van der Waals surface area contributed by atoms with E-state index in [1.165, 1.54) is 4.57 Å². The summed E-state index contributed by atoms with van der Waals surface area (Å²) in [5.41, 5.74) is -0.372. The molecule has 140 valence electrons. The molecule has 2 aromatic heterocycles. The van der Waals surface area contributed by atoms with Crippen molar-refractivity contribution in [2.45, 2.75) is 58.1 Å². The van der Waals surface area contributed by atoms with Crippen LogP contribution in [0, 0.1) is 0 Å². The molecule has 3 rings (SSSR count). The van der Waals surface area contributed by atoms with Crippen molar-refractivity contribution >= 4 is 23.0 Å². The van der Waals surface area contributed by atoms with Crippen molar-refractivity contribution in [2.24, 2.45) is 0 Å². The summed E-state index contributed by atoms with van der Waals surface area (Å²) in [5, 5.41) is 6.18. The molecule has 1 N–H and O–H groups in total. The first-order chi connectivity index (χ1) is 12.3. The minimum atomic E-state index is -0.596. The van der Waals surface area contributed by atoms with Gasteiger partial charge >= 0.3 is 5.97 Å². The first-order valence-corrected chi connectivity index (χ1v) is 9.68. The quantitative estimate of drug-likeness (QED) is 0.616. The van der Waals surface area contributed by atoms with Gasteiger partial charge in [-0.3, -0.25) is 9.36 Å². The first kappa shape index (κ1) is 18.6. The van der Waals surface area contributed by atoms with Crippen molar-refractivity contribution in [1.82, 2.24) is 14.5 Å². The molecule has 1 aliphatic rings. The van der Waals surface area contributed by atoms with E-state index in [0.29, 0.717) is 30.9 Å². The lowest BCUT2D eigenvalue weighted by atomic mass is 10.1. The van der Waals surface area contributed by atoms with Gasteiger partial charge in [0.25, 0.3) is 5.56 Å². The molecule has 26 heavy (non-hydrogen) atoms. The Morgan fingerprint density at radius 3 is 2.92 bits per heavy atom. The lowest BCUT2D eigenvalue weighted by Gasteiger charge is -2.23. The van der Waals surface area contributed by atoms with Crippen molar-refractivity contribution in [1.29, 1.82) is 0 Å². The monoisotopic (exact) mass is 376 g/mol. The van der Waals surface area contributed by atoms with E-state index in [4.69, 9.17) is 4.74 Å². The maximum atomic E-state index is 12.8. The van der Waals surface area contributed by atoms with Crippen LogP contribution in [0.5, 0.6) is 0 Å². The number of aromatic nitrogens is 3. The minimum absolute atomic E-state index is 0.211. The summed E-state index contributed by atoms with van der Waals surface area (Å²) in [6.45, 7) is 6.11. The number of esters is 1. The molecule has 2 aromatic rings. The van der Waals surface area contributed by atoms with Crippen LogP contribution in [-0.4, -0.2) is 32.7 Å². The molecule has 1 atom stereocenters. The highest BCUT2D eigenvalue weighted by Gasteiger charge is 2.34. The van der Waals surface area contributed by atoms with Crippen LogP contribution >= 0.6 is 11.3 Å². The highest BCUT2D eigenvalue weighted by atomic mass is 32.1. The summed E-state index contributed by atoms with van der Waals surface area (Å²) in [6.07, 6.45) is 6.24. The van der Waals surface area contributed by atoms with Gasteiger partial charge in [-0.15, -0.1) is 11.3 Å². The molecule has 0 amide bonds. The number of hydrogen-bond donors (Lipinski definition) is 1. The van der Waals surface area contributed by atoms with Gasteiger partial charge in [0.2, 0.25) is 0 Å². The average Bonchev–Trinajstić information content (AvgIpc) is 3.21. The van der Waals surface area contributed by atoms with Crippen LogP contribution in [0.2, 0.25) is 0 Å². The summed E-state index contributed by atoms with van der Waals surface area (Å²) in [6, 6.07) is -0.596. The predicted octanol–water partition coefficient (Wildman–Crippen LogP) is 2.57. The molecular weight excluding hydrogens is 352 g/mol. The molecule has 0 aromatic carbocycles. The zero-order valence-electron chi connectivity index (χ0n) is 15.3. The number of carbonyl (C=O) groups is 1. The van der Waals surface area contributed by atoms with E-state index in [0.717, 1.165) is 17.8 Å². The van der Waals surface area contributed by atoms with Gasteiger partial charge in [-0.05, 0) is 33.6 Å². The Morgan fingerprint density at radius 2 is 2.23 bits per heavy atom. The van der Waals surface area contributed by atoms with E-state index in [1.54, 1.807) is 23.7 Å². The molecule has 3 heterocycles. The summed E-state index contributed by atoms with van der Waals surface area (Å²) in [4.78, 5) is 33.9. The number of fused-ring (bicyclic) bond motifs is 1. The third-order valence-corrected chi connectivity index (χ3v) is 4.91. The number of anilines is 1. The Balaban J connectivity index is 1.67. The summed E-state index contributed by atoms with van der Waals surface area (Å²) in [7, 11) is 0. The fourth-order valence-electron chi connectivity index (χ4n) is 2.96. The molecular formula is C18H24N4O3S. The Morgan fingerprint density at radius 1 is 1.42 bits per heavy atom. The Kier molecular flexibility index (Phi) is 5.41.